The maximum atomic E-state index is 13.1. The third-order valence-corrected chi connectivity index (χ3v) is 3.81. The van der Waals surface area contributed by atoms with Crippen LogP contribution in [0.2, 0.25) is 0 Å². The molecule has 0 fully saturated rings. The van der Waals surface area contributed by atoms with E-state index in [0.717, 1.165) is 42.5 Å². The highest BCUT2D eigenvalue weighted by Gasteiger charge is 2.09. The number of rotatable bonds is 6. The van der Waals surface area contributed by atoms with Crippen LogP contribution in [0.25, 0.3) is 11.0 Å². The van der Waals surface area contributed by atoms with E-state index in [0.29, 0.717) is 5.58 Å². The lowest BCUT2D eigenvalue weighted by molar-refractivity contribution is 0.408. The van der Waals surface area contributed by atoms with Crippen molar-refractivity contribution in [2.24, 2.45) is 0 Å². The average molecular weight is 299 g/mol. The van der Waals surface area contributed by atoms with E-state index in [1.54, 1.807) is 13.2 Å². The number of ether oxygens (including phenoxy) is 1. The number of aryl methyl sites for hydroxylation is 2. The van der Waals surface area contributed by atoms with Gasteiger partial charge in [0.15, 0.2) is 5.58 Å². The molecule has 0 saturated heterocycles. The minimum atomic E-state index is -0.300. The molecule has 0 amide bonds. The van der Waals surface area contributed by atoms with E-state index in [1.165, 1.54) is 17.7 Å². The SMILES string of the molecule is COc1ccccc1CCCCc1noc2cc(F)ccc12. The Labute approximate surface area is 128 Å². The Hall–Kier alpha value is -2.36. The first-order valence-corrected chi connectivity index (χ1v) is 7.43. The van der Waals surface area contributed by atoms with Crippen molar-refractivity contribution in [3.05, 3.63) is 59.5 Å². The van der Waals surface area contributed by atoms with Crippen molar-refractivity contribution in [3.63, 3.8) is 0 Å². The molecular formula is C18H18FNO2. The molecule has 1 heterocycles. The van der Waals surface area contributed by atoms with Gasteiger partial charge in [0, 0.05) is 11.5 Å². The van der Waals surface area contributed by atoms with Gasteiger partial charge in [0.25, 0.3) is 0 Å². The van der Waals surface area contributed by atoms with Crippen LogP contribution in [0.5, 0.6) is 5.75 Å². The molecule has 0 bridgehead atoms. The standard InChI is InChI=1S/C18H18FNO2/c1-21-17-9-5-3-7-13(17)6-2-4-8-16-15-11-10-14(19)12-18(15)22-20-16/h3,5,7,9-12H,2,4,6,8H2,1H3. The van der Waals surface area contributed by atoms with Crippen LogP contribution in [-0.4, -0.2) is 12.3 Å². The number of fused-ring (bicyclic) bond motifs is 1. The molecule has 3 aromatic rings. The number of para-hydroxylation sites is 1. The van der Waals surface area contributed by atoms with Crippen LogP contribution in [0.1, 0.15) is 24.1 Å². The van der Waals surface area contributed by atoms with Crippen LogP contribution in [-0.2, 0) is 12.8 Å². The lowest BCUT2D eigenvalue weighted by Crippen LogP contribution is -1.93. The molecule has 4 heteroatoms. The second-order valence-electron chi connectivity index (χ2n) is 5.29. The Kier molecular flexibility index (Phi) is 4.37. The van der Waals surface area contributed by atoms with Gasteiger partial charge in [0.1, 0.15) is 11.6 Å². The number of methoxy groups -OCH3 is 1. The number of halogens is 1. The van der Waals surface area contributed by atoms with Crippen LogP contribution in [0.15, 0.2) is 47.0 Å². The number of hydrogen-bond acceptors (Lipinski definition) is 3. The maximum absolute atomic E-state index is 13.1. The lowest BCUT2D eigenvalue weighted by atomic mass is 10.0. The predicted molar refractivity (Wildman–Crippen MR) is 83.6 cm³/mol. The summed E-state index contributed by atoms with van der Waals surface area (Å²) in [7, 11) is 1.69. The monoisotopic (exact) mass is 299 g/mol. The summed E-state index contributed by atoms with van der Waals surface area (Å²) >= 11 is 0. The summed E-state index contributed by atoms with van der Waals surface area (Å²) in [5.41, 5.74) is 2.63. The van der Waals surface area contributed by atoms with E-state index in [1.807, 2.05) is 18.2 Å². The predicted octanol–water partition coefficient (Wildman–Crippen LogP) is 4.54. The van der Waals surface area contributed by atoms with Gasteiger partial charge in [-0.05, 0) is 49.4 Å². The fourth-order valence-electron chi connectivity index (χ4n) is 2.66. The minimum Gasteiger partial charge on any atom is -0.496 e. The van der Waals surface area contributed by atoms with Crippen molar-refractivity contribution in [2.45, 2.75) is 25.7 Å². The fraction of sp³-hybridized carbons (Fsp3) is 0.278. The normalized spacial score (nSPS) is 11.0. The second kappa shape index (κ2) is 6.60. The summed E-state index contributed by atoms with van der Waals surface area (Å²) in [6, 6.07) is 12.6. The van der Waals surface area contributed by atoms with Gasteiger partial charge in [-0.2, -0.15) is 0 Å². The summed E-state index contributed by atoms with van der Waals surface area (Å²) in [6.45, 7) is 0. The zero-order valence-electron chi connectivity index (χ0n) is 12.5. The minimum absolute atomic E-state index is 0.300. The molecule has 0 aliphatic rings. The number of benzene rings is 2. The van der Waals surface area contributed by atoms with Gasteiger partial charge in [0.2, 0.25) is 0 Å². The molecular weight excluding hydrogens is 281 g/mol. The van der Waals surface area contributed by atoms with Gasteiger partial charge in [-0.1, -0.05) is 23.4 Å². The Bertz CT molecular complexity index is 767. The molecule has 114 valence electrons. The molecule has 0 spiro atoms. The number of nitrogens with zero attached hydrogens (tertiary/aromatic N) is 1. The molecule has 0 aliphatic carbocycles. The van der Waals surface area contributed by atoms with Gasteiger partial charge < -0.3 is 9.26 Å². The highest BCUT2D eigenvalue weighted by atomic mass is 19.1. The van der Waals surface area contributed by atoms with Gasteiger partial charge >= 0.3 is 0 Å². The van der Waals surface area contributed by atoms with Crippen molar-refractivity contribution < 1.29 is 13.7 Å². The van der Waals surface area contributed by atoms with E-state index < -0.39 is 0 Å². The average Bonchev–Trinajstić information content (AvgIpc) is 2.94. The second-order valence-corrected chi connectivity index (χ2v) is 5.29. The highest BCUT2D eigenvalue weighted by Crippen LogP contribution is 2.23. The molecule has 0 N–H and O–H groups in total. The van der Waals surface area contributed by atoms with Crippen molar-refractivity contribution in [1.29, 1.82) is 0 Å². The zero-order valence-corrected chi connectivity index (χ0v) is 12.5. The Morgan fingerprint density at radius 2 is 1.91 bits per heavy atom. The number of unbranched alkanes of at least 4 members (excludes halogenated alkanes) is 1. The maximum Gasteiger partial charge on any atom is 0.170 e. The third kappa shape index (κ3) is 3.11. The first kappa shape index (κ1) is 14.6. The molecule has 0 atom stereocenters. The van der Waals surface area contributed by atoms with Gasteiger partial charge in [0.05, 0.1) is 12.8 Å². The molecule has 0 aliphatic heterocycles. The smallest absolute Gasteiger partial charge is 0.170 e. The first-order chi connectivity index (χ1) is 10.8. The number of hydrogen-bond donors (Lipinski definition) is 0. The molecule has 3 nitrogen and oxygen atoms in total. The fourth-order valence-corrected chi connectivity index (χ4v) is 2.66. The van der Waals surface area contributed by atoms with Crippen molar-refractivity contribution in [3.8, 4) is 5.75 Å². The molecule has 0 unspecified atom stereocenters. The molecule has 22 heavy (non-hydrogen) atoms. The van der Waals surface area contributed by atoms with Crippen molar-refractivity contribution >= 4 is 11.0 Å². The Morgan fingerprint density at radius 3 is 2.77 bits per heavy atom. The van der Waals surface area contributed by atoms with Gasteiger partial charge in [-0.15, -0.1) is 0 Å². The summed E-state index contributed by atoms with van der Waals surface area (Å²) in [6.07, 6.45) is 3.83. The highest BCUT2D eigenvalue weighted by molar-refractivity contribution is 5.79. The van der Waals surface area contributed by atoms with Crippen LogP contribution >= 0.6 is 0 Å². The van der Waals surface area contributed by atoms with E-state index >= 15 is 0 Å². The van der Waals surface area contributed by atoms with Crippen LogP contribution in [0.3, 0.4) is 0 Å². The Balaban J connectivity index is 1.58. The van der Waals surface area contributed by atoms with Crippen molar-refractivity contribution in [1.82, 2.24) is 5.16 Å². The lowest BCUT2D eigenvalue weighted by Gasteiger charge is -2.07. The molecule has 2 aromatic carbocycles. The van der Waals surface area contributed by atoms with E-state index in [4.69, 9.17) is 9.26 Å². The third-order valence-electron chi connectivity index (χ3n) is 3.81. The van der Waals surface area contributed by atoms with E-state index in [-0.39, 0.29) is 5.82 Å². The van der Waals surface area contributed by atoms with Gasteiger partial charge in [-0.3, -0.25) is 0 Å². The van der Waals surface area contributed by atoms with Crippen LogP contribution in [0, 0.1) is 5.82 Å². The Morgan fingerprint density at radius 1 is 1.09 bits per heavy atom. The van der Waals surface area contributed by atoms with E-state index in [2.05, 4.69) is 11.2 Å². The van der Waals surface area contributed by atoms with E-state index in [9.17, 15) is 4.39 Å². The number of aromatic nitrogens is 1. The van der Waals surface area contributed by atoms with Gasteiger partial charge in [-0.25, -0.2) is 4.39 Å². The topological polar surface area (TPSA) is 35.3 Å². The largest absolute Gasteiger partial charge is 0.496 e. The molecule has 0 radical (unpaired) electrons. The van der Waals surface area contributed by atoms with Crippen LogP contribution in [0.4, 0.5) is 4.39 Å². The molecule has 0 saturated carbocycles. The molecule has 3 rings (SSSR count). The summed E-state index contributed by atoms with van der Waals surface area (Å²) in [4.78, 5) is 0. The van der Waals surface area contributed by atoms with Crippen molar-refractivity contribution in [2.75, 3.05) is 7.11 Å². The van der Waals surface area contributed by atoms with Crippen LogP contribution < -0.4 is 4.74 Å². The summed E-state index contributed by atoms with van der Waals surface area (Å²) in [5, 5.41) is 4.95. The molecule has 1 aromatic heterocycles. The first-order valence-electron chi connectivity index (χ1n) is 7.43. The zero-order chi connectivity index (χ0) is 15.4. The quantitative estimate of drug-likeness (QED) is 0.627. The summed E-state index contributed by atoms with van der Waals surface area (Å²) in [5.74, 6) is 0.635. The summed E-state index contributed by atoms with van der Waals surface area (Å²) < 4.78 is 23.6.